The number of nitrogens with zero attached hydrogens (tertiary/aromatic N) is 3. The number of aromatic nitrogens is 4. The van der Waals surface area contributed by atoms with E-state index in [1.165, 1.54) is 4.57 Å². The van der Waals surface area contributed by atoms with Gasteiger partial charge >= 0.3 is 11.5 Å². The zero-order valence-electron chi connectivity index (χ0n) is 9.57. The number of hydrogen-bond donors (Lipinski definition) is 1. The van der Waals surface area contributed by atoms with Crippen molar-refractivity contribution in [3.05, 3.63) is 32.3 Å². The molecule has 3 aromatic rings. The number of imidazole rings is 1. The van der Waals surface area contributed by atoms with Crippen LogP contribution in [0.3, 0.4) is 0 Å². The van der Waals surface area contributed by atoms with Gasteiger partial charge in [-0.25, -0.2) is 4.79 Å². The minimum absolute atomic E-state index is 0.320. The van der Waals surface area contributed by atoms with Gasteiger partial charge in [0.1, 0.15) is 5.76 Å². The van der Waals surface area contributed by atoms with Crippen molar-refractivity contribution in [2.75, 3.05) is 0 Å². The monoisotopic (exact) mass is 234 g/mol. The molecule has 0 spiro atoms. The van der Waals surface area contributed by atoms with Gasteiger partial charge in [0.25, 0.3) is 5.56 Å². The van der Waals surface area contributed by atoms with Crippen LogP contribution >= 0.6 is 0 Å². The first-order valence-corrected chi connectivity index (χ1v) is 5.08. The molecule has 3 heterocycles. The van der Waals surface area contributed by atoms with Crippen molar-refractivity contribution in [2.24, 2.45) is 7.05 Å². The zero-order valence-corrected chi connectivity index (χ0v) is 9.57. The molecule has 0 amide bonds. The molecule has 0 atom stereocenters. The highest BCUT2D eigenvalue weighted by Gasteiger charge is 2.17. The van der Waals surface area contributed by atoms with Crippen molar-refractivity contribution in [3.8, 4) is 0 Å². The molecule has 0 radical (unpaired) electrons. The van der Waals surface area contributed by atoms with E-state index >= 15 is 0 Å². The normalized spacial score (nSPS) is 11.7. The van der Waals surface area contributed by atoms with Crippen LogP contribution < -0.4 is 11.2 Å². The smallest absolute Gasteiger partial charge is 0.329 e. The number of aromatic amines is 1. The Morgan fingerprint density at radius 1 is 1.29 bits per heavy atom. The average Bonchev–Trinajstić information content (AvgIpc) is 2.75. The molecule has 0 fully saturated rings. The molecular formula is C10H10N4O3. The van der Waals surface area contributed by atoms with E-state index in [4.69, 9.17) is 4.42 Å². The Morgan fingerprint density at radius 3 is 2.71 bits per heavy atom. The second-order valence-corrected chi connectivity index (χ2v) is 3.96. The van der Waals surface area contributed by atoms with Crippen molar-refractivity contribution in [3.63, 3.8) is 0 Å². The maximum atomic E-state index is 11.8. The Kier molecular flexibility index (Phi) is 1.67. The van der Waals surface area contributed by atoms with Gasteiger partial charge in [0, 0.05) is 7.05 Å². The lowest BCUT2D eigenvalue weighted by atomic mass is 10.4. The largest absolute Gasteiger partial charge is 0.428 e. The van der Waals surface area contributed by atoms with Crippen molar-refractivity contribution < 1.29 is 4.42 Å². The molecule has 17 heavy (non-hydrogen) atoms. The minimum Gasteiger partial charge on any atom is -0.428 e. The lowest BCUT2D eigenvalue weighted by Crippen LogP contribution is -2.28. The summed E-state index contributed by atoms with van der Waals surface area (Å²) in [4.78, 5) is 29.7. The predicted octanol–water partition coefficient (Wildman–Crippen LogP) is 0.0843. The summed E-state index contributed by atoms with van der Waals surface area (Å²) in [5.41, 5.74) is 0.501. The highest BCUT2D eigenvalue weighted by atomic mass is 16.4. The number of hydrogen-bond acceptors (Lipinski definition) is 4. The van der Waals surface area contributed by atoms with Crippen LogP contribution in [-0.4, -0.2) is 18.9 Å². The van der Waals surface area contributed by atoms with E-state index in [-0.39, 0.29) is 0 Å². The Hall–Kier alpha value is -2.31. The molecule has 0 saturated carbocycles. The zero-order chi connectivity index (χ0) is 12.3. The molecule has 0 aliphatic rings. The molecule has 7 heteroatoms. The Balaban J connectivity index is 2.74. The molecule has 0 aliphatic heterocycles. The van der Waals surface area contributed by atoms with Gasteiger partial charge in [-0.05, 0) is 13.8 Å². The summed E-state index contributed by atoms with van der Waals surface area (Å²) < 4.78 is 8.32. The summed E-state index contributed by atoms with van der Waals surface area (Å²) in [5, 5.41) is 0. The molecule has 3 aromatic heterocycles. The summed E-state index contributed by atoms with van der Waals surface area (Å²) >= 11 is 0. The average molecular weight is 234 g/mol. The topological polar surface area (TPSA) is 85.3 Å². The molecule has 0 aliphatic carbocycles. The van der Waals surface area contributed by atoms with E-state index in [2.05, 4.69) is 9.97 Å². The van der Waals surface area contributed by atoms with Crippen LogP contribution in [0, 0.1) is 13.8 Å². The highest BCUT2D eigenvalue weighted by molar-refractivity contribution is 5.75. The third-order valence-electron chi connectivity index (χ3n) is 2.98. The maximum absolute atomic E-state index is 11.8. The number of oxazole rings is 1. The molecule has 88 valence electrons. The van der Waals surface area contributed by atoms with Crippen LogP contribution in [0.25, 0.3) is 17.0 Å². The molecule has 1 N–H and O–H groups in total. The molecule has 3 rings (SSSR count). The summed E-state index contributed by atoms with van der Waals surface area (Å²) in [6, 6.07) is 0. The SMILES string of the molecule is Cc1oc2nc3c(c(=O)[nH]c(=O)n3C)n2c1C. The third-order valence-corrected chi connectivity index (χ3v) is 2.98. The van der Waals surface area contributed by atoms with Crippen LogP contribution in [0.2, 0.25) is 0 Å². The molecule has 0 saturated heterocycles. The minimum atomic E-state index is -0.488. The lowest BCUT2D eigenvalue weighted by Gasteiger charge is -1.97. The first-order valence-electron chi connectivity index (χ1n) is 5.08. The van der Waals surface area contributed by atoms with Gasteiger partial charge in [0.05, 0.1) is 5.69 Å². The van der Waals surface area contributed by atoms with Crippen LogP contribution in [0.1, 0.15) is 11.5 Å². The van der Waals surface area contributed by atoms with E-state index in [0.29, 0.717) is 22.8 Å². The molecule has 0 unspecified atom stereocenters. The van der Waals surface area contributed by atoms with Crippen LogP contribution in [0.5, 0.6) is 0 Å². The maximum Gasteiger partial charge on any atom is 0.329 e. The number of aryl methyl sites for hydroxylation is 3. The molecule has 0 aromatic carbocycles. The van der Waals surface area contributed by atoms with E-state index < -0.39 is 11.2 Å². The van der Waals surface area contributed by atoms with Gasteiger partial charge in [0.15, 0.2) is 11.2 Å². The van der Waals surface area contributed by atoms with Gasteiger partial charge < -0.3 is 4.42 Å². The van der Waals surface area contributed by atoms with Crippen LogP contribution in [0.15, 0.2) is 14.0 Å². The van der Waals surface area contributed by atoms with Crippen molar-refractivity contribution >= 4 is 17.0 Å². The lowest BCUT2D eigenvalue weighted by molar-refractivity contribution is 0.561. The van der Waals surface area contributed by atoms with E-state index in [0.717, 1.165) is 5.69 Å². The Bertz CT molecular complexity index is 862. The van der Waals surface area contributed by atoms with Crippen LogP contribution in [0.4, 0.5) is 0 Å². The van der Waals surface area contributed by atoms with E-state index in [9.17, 15) is 9.59 Å². The number of rotatable bonds is 0. The molecule has 0 bridgehead atoms. The van der Waals surface area contributed by atoms with Gasteiger partial charge in [-0.3, -0.25) is 18.7 Å². The van der Waals surface area contributed by atoms with Crippen molar-refractivity contribution in [2.45, 2.75) is 13.8 Å². The second kappa shape index (κ2) is 2.88. The predicted molar refractivity (Wildman–Crippen MR) is 60.3 cm³/mol. The third kappa shape index (κ3) is 1.08. The van der Waals surface area contributed by atoms with Gasteiger partial charge in [-0.2, -0.15) is 4.98 Å². The first-order chi connectivity index (χ1) is 8.00. The summed E-state index contributed by atoms with van der Waals surface area (Å²) in [5.74, 6) is 1.02. The van der Waals surface area contributed by atoms with Gasteiger partial charge in [0.2, 0.25) is 0 Å². The molecule has 7 nitrogen and oxygen atoms in total. The van der Waals surface area contributed by atoms with E-state index in [1.807, 2.05) is 6.92 Å². The second-order valence-electron chi connectivity index (χ2n) is 3.96. The van der Waals surface area contributed by atoms with Gasteiger partial charge in [-0.1, -0.05) is 0 Å². The van der Waals surface area contributed by atoms with Crippen LogP contribution in [-0.2, 0) is 7.05 Å². The number of fused-ring (bicyclic) bond motifs is 3. The number of nitrogens with one attached hydrogen (secondary N) is 1. The fraction of sp³-hybridized carbons (Fsp3) is 0.300. The fourth-order valence-corrected chi connectivity index (χ4v) is 1.91. The number of H-pyrrole nitrogens is 1. The Morgan fingerprint density at radius 2 is 2.00 bits per heavy atom. The summed E-state index contributed by atoms with van der Waals surface area (Å²) in [7, 11) is 1.55. The van der Waals surface area contributed by atoms with Crippen molar-refractivity contribution in [1.82, 2.24) is 18.9 Å². The highest BCUT2D eigenvalue weighted by Crippen LogP contribution is 2.18. The van der Waals surface area contributed by atoms with Crippen molar-refractivity contribution in [1.29, 1.82) is 0 Å². The van der Waals surface area contributed by atoms with E-state index in [1.54, 1.807) is 18.4 Å². The summed E-state index contributed by atoms with van der Waals surface area (Å²) in [6.07, 6.45) is 0. The Labute approximate surface area is 94.3 Å². The fourth-order valence-electron chi connectivity index (χ4n) is 1.91. The quantitative estimate of drug-likeness (QED) is 0.597. The van der Waals surface area contributed by atoms with Gasteiger partial charge in [-0.15, -0.1) is 0 Å². The standard InChI is InChI=1S/C10H10N4O3/c1-4-5(2)17-10-11-7-6(14(4)10)8(15)12-9(16)13(7)3/h1-3H3,(H,12,15,16). The summed E-state index contributed by atoms with van der Waals surface area (Å²) in [6.45, 7) is 3.63. The first kappa shape index (κ1) is 9.88. The molecular weight excluding hydrogens is 224 g/mol.